The van der Waals surface area contributed by atoms with Crippen LogP contribution in [0.4, 0.5) is 4.39 Å². The number of nitrogens with one attached hydrogen (secondary N) is 1. The average molecular weight is 393 g/mol. The van der Waals surface area contributed by atoms with Gasteiger partial charge in [0.1, 0.15) is 5.82 Å². The second-order valence-electron chi connectivity index (χ2n) is 7.51. The van der Waals surface area contributed by atoms with Gasteiger partial charge in [0.15, 0.2) is 0 Å². The van der Waals surface area contributed by atoms with Gasteiger partial charge in [0.25, 0.3) is 5.91 Å². The van der Waals surface area contributed by atoms with E-state index in [-0.39, 0.29) is 17.1 Å². The molecule has 0 bridgehead atoms. The molecular weight excluding hydrogens is 369 g/mol. The van der Waals surface area contributed by atoms with Crippen LogP contribution in [0.1, 0.15) is 34.5 Å². The van der Waals surface area contributed by atoms with Crippen molar-refractivity contribution in [1.82, 2.24) is 15.1 Å². The van der Waals surface area contributed by atoms with Gasteiger partial charge in [-0.15, -0.1) is 0 Å². The lowest BCUT2D eigenvalue weighted by Crippen LogP contribution is -2.44. The molecule has 3 aromatic rings. The van der Waals surface area contributed by atoms with Gasteiger partial charge in [0, 0.05) is 42.6 Å². The van der Waals surface area contributed by atoms with Crippen LogP contribution in [0.5, 0.6) is 0 Å². The molecular formula is C23H24FN3O2. The Morgan fingerprint density at radius 3 is 2.41 bits per heavy atom. The molecule has 1 fully saturated rings. The first kappa shape index (κ1) is 19.3. The lowest BCUT2D eigenvalue weighted by molar-refractivity contribution is 0.0487. The molecule has 0 spiro atoms. The topological polar surface area (TPSA) is 56.2 Å². The smallest absolute Gasteiger partial charge is 0.251 e. The largest absolute Gasteiger partial charge is 0.381 e. The van der Waals surface area contributed by atoms with Crippen molar-refractivity contribution in [2.24, 2.45) is 0 Å². The fourth-order valence-electron chi connectivity index (χ4n) is 3.88. The Morgan fingerprint density at radius 1 is 1.10 bits per heavy atom. The van der Waals surface area contributed by atoms with Gasteiger partial charge >= 0.3 is 0 Å². The monoisotopic (exact) mass is 393 g/mol. The van der Waals surface area contributed by atoms with Crippen LogP contribution in [-0.2, 0) is 10.2 Å². The number of rotatable bonds is 5. The van der Waals surface area contributed by atoms with Crippen molar-refractivity contribution >= 4 is 5.91 Å². The first-order valence-corrected chi connectivity index (χ1v) is 9.80. The third-order valence-corrected chi connectivity index (χ3v) is 5.70. The van der Waals surface area contributed by atoms with Crippen LogP contribution in [0.3, 0.4) is 0 Å². The standard InChI is InChI=1S/C23H24FN3O2/c1-17-10-13-26-27(17)21-8-2-18(3-9-21)22(28)25-16-23(11-14-29-15-12-23)19-4-6-20(24)7-5-19/h2-10,13H,11-12,14-16H2,1H3,(H,25,28). The Hall–Kier alpha value is -2.99. The molecule has 4 rings (SSSR count). The number of carbonyl (C=O) groups excluding carboxylic acids is 1. The van der Waals surface area contributed by atoms with Crippen molar-refractivity contribution in [1.29, 1.82) is 0 Å². The third-order valence-electron chi connectivity index (χ3n) is 5.70. The molecule has 6 heteroatoms. The second-order valence-corrected chi connectivity index (χ2v) is 7.51. The van der Waals surface area contributed by atoms with Crippen molar-refractivity contribution in [3.63, 3.8) is 0 Å². The SMILES string of the molecule is Cc1ccnn1-c1ccc(C(=O)NCC2(c3ccc(F)cc3)CCOCC2)cc1. The minimum absolute atomic E-state index is 0.123. The molecule has 1 N–H and O–H groups in total. The van der Waals surface area contributed by atoms with Gasteiger partial charge in [-0.1, -0.05) is 12.1 Å². The number of aryl methyl sites for hydroxylation is 1. The van der Waals surface area contributed by atoms with E-state index < -0.39 is 0 Å². The number of halogens is 1. The van der Waals surface area contributed by atoms with Crippen molar-refractivity contribution in [3.05, 3.63) is 83.4 Å². The molecule has 29 heavy (non-hydrogen) atoms. The molecule has 0 aliphatic carbocycles. The second kappa shape index (κ2) is 8.17. The molecule has 1 aliphatic rings. The normalized spacial score (nSPS) is 15.8. The van der Waals surface area contributed by atoms with E-state index >= 15 is 0 Å². The maximum atomic E-state index is 13.4. The summed E-state index contributed by atoms with van der Waals surface area (Å²) in [6.07, 6.45) is 3.32. The number of aromatic nitrogens is 2. The molecule has 5 nitrogen and oxygen atoms in total. The van der Waals surface area contributed by atoms with Crippen molar-refractivity contribution in [3.8, 4) is 5.69 Å². The average Bonchev–Trinajstić information content (AvgIpc) is 3.19. The summed E-state index contributed by atoms with van der Waals surface area (Å²) in [5, 5.41) is 7.36. The summed E-state index contributed by atoms with van der Waals surface area (Å²) in [5.74, 6) is -0.380. The zero-order valence-corrected chi connectivity index (χ0v) is 16.4. The maximum absolute atomic E-state index is 13.4. The molecule has 1 aromatic heterocycles. The summed E-state index contributed by atoms with van der Waals surface area (Å²) < 4.78 is 20.7. The number of hydrogen-bond donors (Lipinski definition) is 1. The van der Waals surface area contributed by atoms with Gasteiger partial charge in [-0.25, -0.2) is 9.07 Å². The predicted octanol–water partition coefficient (Wildman–Crippen LogP) is 3.80. The maximum Gasteiger partial charge on any atom is 0.251 e. The lowest BCUT2D eigenvalue weighted by Gasteiger charge is -2.38. The van der Waals surface area contributed by atoms with Gasteiger partial charge in [-0.3, -0.25) is 4.79 Å². The van der Waals surface area contributed by atoms with Gasteiger partial charge in [-0.2, -0.15) is 5.10 Å². The van der Waals surface area contributed by atoms with Gasteiger partial charge < -0.3 is 10.1 Å². The van der Waals surface area contributed by atoms with Crippen LogP contribution in [0.25, 0.3) is 5.69 Å². The predicted molar refractivity (Wildman–Crippen MR) is 109 cm³/mol. The molecule has 0 saturated carbocycles. The van der Waals surface area contributed by atoms with Crippen LogP contribution in [0, 0.1) is 12.7 Å². The summed E-state index contributed by atoms with van der Waals surface area (Å²) in [4.78, 5) is 12.8. The molecule has 2 aromatic carbocycles. The quantitative estimate of drug-likeness (QED) is 0.717. The Balaban J connectivity index is 1.48. The zero-order valence-electron chi connectivity index (χ0n) is 16.4. The minimum atomic E-state index is -0.257. The number of nitrogens with zero attached hydrogens (tertiary/aromatic N) is 2. The van der Waals surface area contributed by atoms with Crippen LogP contribution >= 0.6 is 0 Å². The molecule has 1 amide bonds. The molecule has 150 valence electrons. The Labute approximate surface area is 169 Å². The number of ether oxygens (including phenoxy) is 1. The fourth-order valence-corrected chi connectivity index (χ4v) is 3.88. The van der Waals surface area contributed by atoms with E-state index in [2.05, 4.69) is 10.4 Å². The molecule has 1 aliphatic heterocycles. The zero-order chi connectivity index (χ0) is 20.3. The van der Waals surface area contributed by atoms with Crippen molar-refractivity contribution in [2.75, 3.05) is 19.8 Å². The minimum Gasteiger partial charge on any atom is -0.381 e. The van der Waals surface area contributed by atoms with E-state index in [1.807, 2.05) is 41.9 Å². The van der Waals surface area contributed by atoms with E-state index in [9.17, 15) is 9.18 Å². The van der Waals surface area contributed by atoms with Gasteiger partial charge in [-0.05, 0) is 67.8 Å². The number of amides is 1. The highest BCUT2D eigenvalue weighted by Crippen LogP contribution is 2.34. The van der Waals surface area contributed by atoms with Gasteiger partial charge in [0.2, 0.25) is 0 Å². The number of benzene rings is 2. The Bertz CT molecular complexity index is 974. The Morgan fingerprint density at radius 2 is 1.79 bits per heavy atom. The van der Waals surface area contributed by atoms with E-state index in [4.69, 9.17) is 4.74 Å². The third kappa shape index (κ3) is 4.07. The van der Waals surface area contributed by atoms with E-state index in [0.717, 1.165) is 29.8 Å². The van der Waals surface area contributed by atoms with E-state index in [0.29, 0.717) is 25.3 Å². The van der Waals surface area contributed by atoms with Crippen molar-refractivity contribution in [2.45, 2.75) is 25.2 Å². The summed E-state index contributed by atoms with van der Waals surface area (Å²) in [6.45, 7) is 3.73. The first-order chi connectivity index (χ1) is 14.1. The summed E-state index contributed by atoms with van der Waals surface area (Å²) in [7, 11) is 0. The van der Waals surface area contributed by atoms with Crippen molar-refractivity contribution < 1.29 is 13.9 Å². The number of carbonyl (C=O) groups is 1. The molecule has 0 radical (unpaired) electrons. The lowest BCUT2D eigenvalue weighted by atomic mass is 9.74. The molecule has 0 unspecified atom stereocenters. The van der Waals surface area contributed by atoms with E-state index in [1.54, 1.807) is 18.3 Å². The van der Waals surface area contributed by atoms with Crippen LogP contribution in [-0.4, -0.2) is 35.4 Å². The first-order valence-electron chi connectivity index (χ1n) is 9.80. The van der Waals surface area contributed by atoms with Crippen LogP contribution in [0.2, 0.25) is 0 Å². The Kier molecular flexibility index (Phi) is 5.45. The summed E-state index contributed by atoms with van der Waals surface area (Å²) >= 11 is 0. The van der Waals surface area contributed by atoms with Gasteiger partial charge in [0.05, 0.1) is 5.69 Å². The van der Waals surface area contributed by atoms with E-state index in [1.165, 1.54) is 12.1 Å². The summed E-state index contributed by atoms with van der Waals surface area (Å²) in [5.41, 5.74) is 3.33. The highest BCUT2D eigenvalue weighted by Gasteiger charge is 2.35. The molecule has 2 heterocycles. The number of hydrogen-bond acceptors (Lipinski definition) is 3. The highest BCUT2D eigenvalue weighted by atomic mass is 19.1. The molecule has 1 saturated heterocycles. The highest BCUT2D eigenvalue weighted by molar-refractivity contribution is 5.94. The molecule has 0 atom stereocenters. The fraction of sp³-hybridized carbons (Fsp3) is 0.304. The summed E-state index contributed by atoms with van der Waals surface area (Å²) in [6, 6.07) is 15.9. The van der Waals surface area contributed by atoms with Crippen LogP contribution in [0.15, 0.2) is 60.8 Å². The van der Waals surface area contributed by atoms with Crippen LogP contribution < -0.4 is 5.32 Å².